The normalized spacial score (nSPS) is 17.9. The molecule has 0 radical (unpaired) electrons. The van der Waals surface area contributed by atoms with Gasteiger partial charge in [0.1, 0.15) is 17.5 Å². The zero-order valence-electron chi connectivity index (χ0n) is 14.3. The van der Waals surface area contributed by atoms with E-state index in [1.807, 2.05) is 35.9 Å². The lowest BCUT2D eigenvalue weighted by Gasteiger charge is -2.24. The maximum absolute atomic E-state index is 13.1. The van der Waals surface area contributed by atoms with Crippen LogP contribution in [-0.2, 0) is 6.54 Å². The Hall–Kier alpha value is -2.53. The summed E-state index contributed by atoms with van der Waals surface area (Å²) in [6, 6.07) is 13.3. The summed E-state index contributed by atoms with van der Waals surface area (Å²) in [6.07, 6.45) is 5.98. The van der Waals surface area contributed by atoms with Crippen molar-refractivity contribution in [2.24, 2.45) is 0 Å². The summed E-state index contributed by atoms with van der Waals surface area (Å²) in [7, 11) is 0. The molecule has 1 aliphatic rings. The number of aryl methyl sites for hydroxylation is 1. The largest absolute Gasteiger partial charge is 0.291 e. The smallest absolute Gasteiger partial charge is 0.138 e. The Balaban J connectivity index is 1.58. The van der Waals surface area contributed by atoms with E-state index in [2.05, 4.69) is 22.0 Å². The molecule has 0 bridgehead atoms. The van der Waals surface area contributed by atoms with E-state index >= 15 is 0 Å². The fourth-order valence-corrected chi connectivity index (χ4v) is 3.55. The molecule has 4 rings (SSSR count). The highest BCUT2D eigenvalue weighted by Crippen LogP contribution is 2.32. The Morgan fingerprint density at radius 2 is 2.00 bits per heavy atom. The van der Waals surface area contributed by atoms with Crippen molar-refractivity contribution in [3.8, 4) is 5.82 Å². The topological polar surface area (TPSA) is 34.0 Å². The molecule has 128 valence electrons. The molecule has 0 aliphatic carbocycles. The lowest BCUT2D eigenvalue weighted by Crippen LogP contribution is -2.23. The maximum Gasteiger partial charge on any atom is 0.138 e. The molecule has 1 aliphatic heterocycles. The van der Waals surface area contributed by atoms with E-state index in [0.717, 1.165) is 48.8 Å². The van der Waals surface area contributed by atoms with E-state index in [0.29, 0.717) is 6.04 Å². The van der Waals surface area contributed by atoms with E-state index in [9.17, 15) is 4.39 Å². The second-order valence-electron chi connectivity index (χ2n) is 6.52. The molecule has 5 heteroatoms. The number of hydrogen-bond donors (Lipinski definition) is 0. The third-order valence-electron chi connectivity index (χ3n) is 4.83. The van der Waals surface area contributed by atoms with Gasteiger partial charge in [-0.1, -0.05) is 18.2 Å². The molecular formula is C20H21FN4. The van der Waals surface area contributed by atoms with Crippen molar-refractivity contribution < 1.29 is 4.39 Å². The first-order valence-electron chi connectivity index (χ1n) is 8.66. The highest BCUT2D eigenvalue weighted by Gasteiger charge is 2.27. The highest BCUT2D eigenvalue weighted by molar-refractivity contribution is 5.28. The molecule has 25 heavy (non-hydrogen) atoms. The molecule has 1 aromatic carbocycles. The highest BCUT2D eigenvalue weighted by atomic mass is 19.1. The Kier molecular flexibility index (Phi) is 4.32. The van der Waals surface area contributed by atoms with E-state index in [-0.39, 0.29) is 5.82 Å². The summed E-state index contributed by atoms with van der Waals surface area (Å²) in [6.45, 7) is 3.84. The predicted molar refractivity (Wildman–Crippen MR) is 94.9 cm³/mol. The molecule has 1 saturated heterocycles. The van der Waals surface area contributed by atoms with Gasteiger partial charge in [-0.25, -0.2) is 14.4 Å². The van der Waals surface area contributed by atoms with Gasteiger partial charge in [0.2, 0.25) is 0 Å². The van der Waals surface area contributed by atoms with Crippen LogP contribution in [0.15, 0.2) is 54.9 Å². The van der Waals surface area contributed by atoms with Crippen molar-refractivity contribution in [1.29, 1.82) is 0 Å². The van der Waals surface area contributed by atoms with Crippen molar-refractivity contribution >= 4 is 0 Å². The van der Waals surface area contributed by atoms with Gasteiger partial charge < -0.3 is 0 Å². The van der Waals surface area contributed by atoms with Gasteiger partial charge >= 0.3 is 0 Å². The number of likely N-dealkylation sites (tertiary alicyclic amines) is 1. The molecule has 0 saturated carbocycles. The minimum atomic E-state index is -0.188. The van der Waals surface area contributed by atoms with E-state index in [1.54, 1.807) is 6.20 Å². The third kappa shape index (κ3) is 3.33. The van der Waals surface area contributed by atoms with Gasteiger partial charge in [0, 0.05) is 18.9 Å². The average Bonchev–Trinajstić information content (AvgIpc) is 3.26. The molecule has 3 heterocycles. The Bertz CT molecular complexity index is 856. The molecule has 0 N–H and O–H groups in total. The molecule has 1 unspecified atom stereocenters. The molecule has 0 amide bonds. The Morgan fingerprint density at radius 1 is 1.16 bits per heavy atom. The summed E-state index contributed by atoms with van der Waals surface area (Å²) < 4.78 is 15.1. The number of benzene rings is 1. The average molecular weight is 336 g/mol. The number of aromatic nitrogens is 3. The van der Waals surface area contributed by atoms with Crippen molar-refractivity contribution in [3.63, 3.8) is 0 Å². The predicted octanol–water partition coefficient (Wildman–Crippen LogP) is 4.05. The lowest BCUT2D eigenvalue weighted by molar-refractivity contribution is 0.244. The maximum atomic E-state index is 13.1. The quantitative estimate of drug-likeness (QED) is 0.721. The molecule has 1 fully saturated rings. The number of halogens is 1. The van der Waals surface area contributed by atoms with Crippen LogP contribution in [0.2, 0.25) is 0 Å². The van der Waals surface area contributed by atoms with E-state index in [4.69, 9.17) is 4.98 Å². The number of nitrogens with zero attached hydrogens (tertiary/aromatic N) is 4. The van der Waals surface area contributed by atoms with Crippen LogP contribution >= 0.6 is 0 Å². The number of rotatable bonds is 4. The summed E-state index contributed by atoms with van der Waals surface area (Å²) in [4.78, 5) is 11.6. The van der Waals surface area contributed by atoms with Crippen LogP contribution in [0, 0.1) is 12.7 Å². The minimum absolute atomic E-state index is 0.188. The van der Waals surface area contributed by atoms with Crippen molar-refractivity contribution in [3.05, 3.63) is 77.8 Å². The second-order valence-corrected chi connectivity index (χ2v) is 6.52. The van der Waals surface area contributed by atoms with Crippen LogP contribution in [-0.4, -0.2) is 26.0 Å². The van der Waals surface area contributed by atoms with Gasteiger partial charge in [-0.05, 0) is 56.1 Å². The van der Waals surface area contributed by atoms with Crippen LogP contribution in [0.25, 0.3) is 5.82 Å². The van der Waals surface area contributed by atoms with Gasteiger partial charge in [0.25, 0.3) is 0 Å². The minimum Gasteiger partial charge on any atom is -0.291 e. The molecule has 4 nitrogen and oxygen atoms in total. The standard InChI is InChI=1S/C20H21FN4/c1-15-22-11-13-25(15)20-6-2-4-18(23-20)19-5-3-12-24(19)14-16-7-9-17(21)10-8-16/h2,4,6-11,13,19H,3,5,12,14H2,1H3. The van der Waals surface area contributed by atoms with E-state index in [1.165, 1.54) is 12.1 Å². The third-order valence-corrected chi connectivity index (χ3v) is 4.83. The van der Waals surface area contributed by atoms with Crippen molar-refractivity contribution in [1.82, 2.24) is 19.4 Å². The van der Waals surface area contributed by atoms with Crippen molar-refractivity contribution in [2.75, 3.05) is 6.54 Å². The summed E-state index contributed by atoms with van der Waals surface area (Å²) >= 11 is 0. The molecular weight excluding hydrogens is 315 g/mol. The number of imidazole rings is 1. The van der Waals surface area contributed by atoms with Gasteiger partial charge in [-0.2, -0.15) is 0 Å². The molecule has 1 atom stereocenters. The first-order chi connectivity index (χ1) is 12.2. The Labute approximate surface area is 147 Å². The van der Waals surface area contributed by atoms with E-state index < -0.39 is 0 Å². The fraction of sp³-hybridized carbons (Fsp3) is 0.300. The molecule has 0 spiro atoms. The van der Waals surface area contributed by atoms with Crippen LogP contribution < -0.4 is 0 Å². The summed E-state index contributed by atoms with van der Waals surface area (Å²) in [5, 5.41) is 0. The van der Waals surface area contributed by atoms with Crippen molar-refractivity contribution in [2.45, 2.75) is 32.4 Å². The van der Waals surface area contributed by atoms with Gasteiger partial charge in [-0.3, -0.25) is 9.47 Å². The number of pyridine rings is 1. The SMILES string of the molecule is Cc1nccn1-c1cccc(C2CCCN2Cc2ccc(F)cc2)n1. The number of hydrogen-bond acceptors (Lipinski definition) is 3. The van der Waals surface area contributed by atoms with Gasteiger partial charge in [-0.15, -0.1) is 0 Å². The van der Waals surface area contributed by atoms with Gasteiger partial charge in [0.05, 0.1) is 11.7 Å². The second kappa shape index (κ2) is 6.76. The van der Waals surface area contributed by atoms with Crippen LogP contribution in [0.4, 0.5) is 4.39 Å². The van der Waals surface area contributed by atoms with Gasteiger partial charge in [0.15, 0.2) is 0 Å². The zero-order chi connectivity index (χ0) is 17.2. The zero-order valence-corrected chi connectivity index (χ0v) is 14.3. The monoisotopic (exact) mass is 336 g/mol. The Morgan fingerprint density at radius 3 is 2.76 bits per heavy atom. The first-order valence-corrected chi connectivity index (χ1v) is 8.66. The molecule has 2 aromatic heterocycles. The summed E-state index contributed by atoms with van der Waals surface area (Å²) in [5.41, 5.74) is 2.22. The van der Waals surface area contributed by atoms with Crippen LogP contribution in [0.1, 0.15) is 36.0 Å². The first kappa shape index (κ1) is 16.0. The summed E-state index contributed by atoms with van der Waals surface area (Å²) in [5.74, 6) is 1.65. The molecule has 3 aromatic rings. The van der Waals surface area contributed by atoms with Crippen LogP contribution in [0.3, 0.4) is 0 Å². The van der Waals surface area contributed by atoms with Crippen LogP contribution in [0.5, 0.6) is 0 Å². The fourth-order valence-electron chi connectivity index (χ4n) is 3.55. The lowest BCUT2D eigenvalue weighted by atomic mass is 10.1.